The first-order chi connectivity index (χ1) is 9.05. The van der Waals surface area contributed by atoms with Crippen molar-refractivity contribution in [3.05, 3.63) is 60.2 Å². The second-order valence-corrected chi connectivity index (χ2v) is 5.91. The van der Waals surface area contributed by atoms with Gasteiger partial charge in [0.1, 0.15) is 0 Å². The smallest absolute Gasteiger partial charge is 0.264 e. The van der Waals surface area contributed by atoms with Crippen LogP contribution in [0.1, 0.15) is 5.56 Å². The molecule has 2 aromatic carbocycles. The van der Waals surface area contributed by atoms with E-state index in [1.807, 2.05) is 6.07 Å². The summed E-state index contributed by atoms with van der Waals surface area (Å²) in [4.78, 5) is 0.238. The zero-order valence-corrected chi connectivity index (χ0v) is 11.1. The minimum atomic E-state index is -3.56. The van der Waals surface area contributed by atoms with Crippen LogP contribution in [0.5, 0.6) is 0 Å². The fourth-order valence-corrected chi connectivity index (χ4v) is 2.85. The van der Waals surface area contributed by atoms with E-state index in [4.69, 9.17) is 5.26 Å². The topological polar surface area (TPSA) is 61.2 Å². The van der Waals surface area contributed by atoms with E-state index in [1.54, 1.807) is 54.6 Å². The molecule has 4 nitrogen and oxygen atoms in total. The van der Waals surface area contributed by atoms with Crippen molar-refractivity contribution < 1.29 is 8.42 Å². The summed E-state index contributed by atoms with van der Waals surface area (Å²) in [6.45, 7) is 0. The third kappa shape index (κ3) is 2.59. The number of sulfonamides is 1. The largest absolute Gasteiger partial charge is 0.269 e. The molecule has 0 fully saturated rings. The highest BCUT2D eigenvalue weighted by molar-refractivity contribution is 7.92. The number of rotatable bonds is 3. The number of anilines is 1. The summed E-state index contributed by atoms with van der Waals surface area (Å²) in [6, 6.07) is 16.6. The van der Waals surface area contributed by atoms with E-state index < -0.39 is 10.0 Å². The van der Waals surface area contributed by atoms with Gasteiger partial charge in [0, 0.05) is 7.05 Å². The third-order valence-corrected chi connectivity index (χ3v) is 4.56. The van der Waals surface area contributed by atoms with Crippen molar-refractivity contribution >= 4 is 15.7 Å². The summed E-state index contributed by atoms with van der Waals surface area (Å²) in [6.07, 6.45) is 0. The Morgan fingerprint density at radius 1 is 1.00 bits per heavy atom. The van der Waals surface area contributed by atoms with Crippen LogP contribution in [0.4, 0.5) is 5.69 Å². The van der Waals surface area contributed by atoms with Gasteiger partial charge in [-0.2, -0.15) is 5.26 Å². The molecule has 2 rings (SSSR count). The Hall–Kier alpha value is -2.32. The Morgan fingerprint density at radius 3 is 2.11 bits per heavy atom. The first-order valence-corrected chi connectivity index (χ1v) is 7.04. The Kier molecular flexibility index (Phi) is 3.54. The molecular weight excluding hydrogens is 260 g/mol. The van der Waals surface area contributed by atoms with Crippen LogP contribution in [0.25, 0.3) is 0 Å². The lowest BCUT2D eigenvalue weighted by atomic mass is 10.2. The lowest BCUT2D eigenvalue weighted by Crippen LogP contribution is -2.26. The highest BCUT2D eigenvalue weighted by Gasteiger charge is 2.20. The molecule has 0 spiro atoms. The highest BCUT2D eigenvalue weighted by atomic mass is 32.2. The van der Waals surface area contributed by atoms with Gasteiger partial charge in [0.2, 0.25) is 0 Å². The molecule has 0 saturated carbocycles. The van der Waals surface area contributed by atoms with Gasteiger partial charge in [0.05, 0.1) is 22.2 Å². The summed E-state index contributed by atoms with van der Waals surface area (Å²) in [7, 11) is -2.07. The molecule has 0 radical (unpaired) electrons. The number of nitrogens with zero attached hydrogens (tertiary/aromatic N) is 2. The van der Waals surface area contributed by atoms with E-state index in [2.05, 4.69) is 0 Å². The van der Waals surface area contributed by atoms with Crippen molar-refractivity contribution in [1.29, 1.82) is 5.26 Å². The van der Waals surface area contributed by atoms with Crippen LogP contribution < -0.4 is 4.31 Å². The standard InChI is InChI=1S/C14H12N2O2S/c1-16(13-9-7-12(11-15)8-10-13)19(17,18)14-5-3-2-4-6-14/h2-10H,1H3. The minimum absolute atomic E-state index is 0.238. The third-order valence-electron chi connectivity index (χ3n) is 2.76. The maximum atomic E-state index is 12.3. The van der Waals surface area contributed by atoms with E-state index in [-0.39, 0.29) is 4.90 Å². The molecule has 0 bridgehead atoms. The molecule has 96 valence electrons. The van der Waals surface area contributed by atoms with E-state index in [0.29, 0.717) is 11.3 Å². The van der Waals surface area contributed by atoms with Crippen molar-refractivity contribution in [3.63, 3.8) is 0 Å². The van der Waals surface area contributed by atoms with Crippen LogP contribution in [-0.4, -0.2) is 15.5 Å². The molecule has 0 heterocycles. The van der Waals surface area contributed by atoms with Gasteiger partial charge in [-0.1, -0.05) is 18.2 Å². The number of hydrogen-bond donors (Lipinski definition) is 0. The van der Waals surface area contributed by atoms with Gasteiger partial charge in [0.15, 0.2) is 0 Å². The second-order valence-electron chi connectivity index (χ2n) is 3.94. The van der Waals surface area contributed by atoms with Crippen LogP contribution in [0.3, 0.4) is 0 Å². The van der Waals surface area contributed by atoms with Crippen molar-refractivity contribution in [2.45, 2.75) is 4.90 Å². The van der Waals surface area contributed by atoms with E-state index in [0.717, 1.165) is 0 Å². The highest BCUT2D eigenvalue weighted by Crippen LogP contribution is 2.21. The molecule has 0 aliphatic rings. The lowest BCUT2D eigenvalue weighted by molar-refractivity contribution is 0.594. The average Bonchev–Trinajstić information content (AvgIpc) is 2.47. The molecule has 19 heavy (non-hydrogen) atoms. The molecule has 0 aliphatic carbocycles. The molecule has 0 aromatic heterocycles. The van der Waals surface area contributed by atoms with Crippen LogP contribution in [0.2, 0.25) is 0 Å². The van der Waals surface area contributed by atoms with E-state index in [9.17, 15) is 8.42 Å². The molecule has 0 aliphatic heterocycles. The Morgan fingerprint density at radius 2 is 1.58 bits per heavy atom. The summed E-state index contributed by atoms with van der Waals surface area (Å²) < 4.78 is 25.9. The van der Waals surface area contributed by atoms with Gasteiger partial charge in [-0.05, 0) is 36.4 Å². The second kappa shape index (κ2) is 5.12. The minimum Gasteiger partial charge on any atom is -0.269 e. The summed E-state index contributed by atoms with van der Waals surface area (Å²) in [5, 5.41) is 8.72. The van der Waals surface area contributed by atoms with Crippen LogP contribution in [0.15, 0.2) is 59.5 Å². The van der Waals surface area contributed by atoms with Gasteiger partial charge in [-0.15, -0.1) is 0 Å². The quantitative estimate of drug-likeness (QED) is 0.861. The maximum Gasteiger partial charge on any atom is 0.264 e. The predicted octanol–water partition coefficient (Wildman–Crippen LogP) is 2.38. The van der Waals surface area contributed by atoms with Crippen LogP contribution in [0, 0.1) is 11.3 Å². The number of benzene rings is 2. The fraction of sp³-hybridized carbons (Fsp3) is 0.0714. The fourth-order valence-electron chi connectivity index (χ4n) is 1.64. The van der Waals surface area contributed by atoms with Gasteiger partial charge in [0.25, 0.3) is 10.0 Å². The average molecular weight is 272 g/mol. The molecule has 0 atom stereocenters. The van der Waals surface area contributed by atoms with Crippen molar-refractivity contribution in [2.75, 3.05) is 11.4 Å². The zero-order chi connectivity index (χ0) is 13.9. The van der Waals surface area contributed by atoms with E-state index in [1.165, 1.54) is 11.4 Å². The Balaban J connectivity index is 2.38. The zero-order valence-electron chi connectivity index (χ0n) is 10.3. The number of nitriles is 1. The first-order valence-electron chi connectivity index (χ1n) is 5.60. The summed E-state index contributed by atoms with van der Waals surface area (Å²) >= 11 is 0. The monoisotopic (exact) mass is 272 g/mol. The normalized spacial score (nSPS) is 10.7. The summed E-state index contributed by atoms with van der Waals surface area (Å²) in [5.74, 6) is 0. The Labute approximate surface area is 112 Å². The van der Waals surface area contributed by atoms with E-state index >= 15 is 0 Å². The lowest BCUT2D eigenvalue weighted by Gasteiger charge is -2.19. The van der Waals surface area contributed by atoms with Crippen LogP contribution >= 0.6 is 0 Å². The van der Waals surface area contributed by atoms with Gasteiger partial charge >= 0.3 is 0 Å². The van der Waals surface area contributed by atoms with Gasteiger partial charge in [-0.3, -0.25) is 4.31 Å². The van der Waals surface area contributed by atoms with Crippen molar-refractivity contribution in [1.82, 2.24) is 0 Å². The molecule has 0 unspecified atom stereocenters. The summed E-state index contributed by atoms with van der Waals surface area (Å²) in [5.41, 5.74) is 1.01. The van der Waals surface area contributed by atoms with Crippen molar-refractivity contribution in [2.24, 2.45) is 0 Å². The number of hydrogen-bond acceptors (Lipinski definition) is 3. The van der Waals surface area contributed by atoms with Crippen LogP contribution in [-0.2, 0) is 10.0 Å². The molecule has 0 N–H and O–H groups in total. The predicted molar refractivity (Wildman–Crippen MR) is 73.2 cm³/mol. The van der Waals surface area contributed by atoms with Gasteiger partial charge in [-0.25, -0.2) is 8.42 Å². The molecule has 2 aromatic rings. The first kappa shape index (κ1) is 13.1. The van der Waals surface area contributed by atoms with Crippen molar-refractivity contribution in [3.8, 4) is 6.07 Å². The SMILES string of the molecule is CN(c1ccc(C#N)cc1)S(=O)(=O)c1ccccc1. The Bertz CT molecular complexity index is 701. The van der Waals surface area contributed by atoms with Gasteiger partial charge < -0.3 is 0 Å². The molecule has 5 heteroatoms. The molecule has 0 saturated heterocycles. The maximum absolute atomic E-state index is 12.3. The molecular formula is C14H12N2O2S. The molecule has 0 amide bonds.